The first-order valence-corrected chi connectivity index (χ1v) is 11.0. The number of hydrogen-bond acceptors (Lipinski definition) is 6. The molecule has 0 radical (unpaired) electrons. The highest BCUT2D eigenvalue weighted by atomic mass is 16.6. The van der Waals surface area contributed by atoms with Crippen molar-refractivity contribution in [1.29, 1.82) is 0 Å². The van der Waals surface area contributed by atoms with Crippen LogP contribution in [0, 0.1) is 0 Å². The summed E-state index contributed by atoms with van der Waals surface area (Å²) in [4.78, 5) is 30.7. The number of ether oxygens (including phenoxy) is 1. The van der Waals surface area contributed by atoms with Gasteiger partial charge in [-0.3, -0.25) is 4.98 Å². The summed E-state index contributed by atoms with van der Waals surface area (Å²) in [5.41, 5.74) is 4.28. The van der Waals surface area contributed by atoms with Crippen LogP contribution < -0.4 is 5.32 Å². The molecule has 0 saturated carbocycles. The number of amides is 1. The number of nitrogens with zero attached hydrogens (tertiary/aromatic N) is 4. The SMILES string of the molecule is CC(C)(C)OC(=O)N1CC=C(c2cc3c(Nc4ccc5ncccc5c4)ncnc3[nH]2)CC1. The molecule has 2 N–H and O–H groups in total. The van der Waals surface area contributed by atoms with E-state index in [9.17, 15) is 4.79 Å². The first-order valence-electron chi connectivity index (χ1n) is 11.0. The van der Waals surface area contributed by atoms with Crippen LogP contribution in [-0.4, -0.2) is 49.6 Å². The fourth-order valence-electron chi connectivity index (χ4n) is 3.91. The molecule has 5 rings (SSSR count). The van der Waals surface area contributed by atoms with Gasteiger partial charge in [0, 0.05) is 36.1 Å². The van der Waals surface area contributed by atoms with Crippen molar-refractivity contribution in [3.05, 3.63) is 60.7 Å². The lowest BCUT2D eigenvalue weighted by Gasteiger charge is -2.29. The van der Waals surface area contributed by atoms with Crippen LogP contribution in [-0.2, 0) is 4.74 Å². The third-order valence-corrected chi connectivity index (χ3v) is 5.50. The Labute approximate surface area is 191 Å². The third kappa shape index (κ3) is 4.50. The van der Waals surface area contributed by atoms with Crippen LogP contribution in [0.15, 0.2) is 55.0 Å². The van der Waals surface area contributed by atoms with Gasteiger partial charge in [-0.1, -0.05) is 12.1 Å². The van der Waals surface area contributed by atoms with Gasteiger partial charge in [0.25, 0.3) is 0 Å². The standard InChI is InChI=1S/C25H26N6O2/c1-25(2,3)33-24(32)31-11-8-16(9-12-31)21-14-19-22(27-15-28-23(19)30-21)29-18-6-7-20-17(13-18)5-4-10-26-20/h4-8,10,13-15H,9,11-12H2,1-3H3,(H2,27,28,29,30). The molecule has 0 spiro atoms. The van der Waals surface area contributed by atoms with Crippen molar-refractivity contribution in [1.82, 2.24) is 24.8 Å². The van der Waals surface area contributed by atoms with Gasteiger partial charge in [0.15, 0.2) is 0 Å². The molecule has 33 heavy (non-hydrogen) atoms. The fourth-order valence-corrected chi connectivity index (χ4v) is 3.91. The summed E-state index contributed by atoms with van der Waals surface area (Å²) >= 11 is 0. The first kappa shape index (κ1) is 20.9. The molecule has 0 fully saturated rings. The number of benzene rings is 1. The number of fused-ring (bicyclic) bond motifs is 2. The summed E-state index contributed by atoms with van der Waals surface area (Å²) in [5.74, 6) is 0.734. The molecule has 0 atom stereocenters. The largest absolute Gasteiger partial charge is 0.444 e. The molecule has 4 heterocycles. The Balaban J connectivity index is 1.37. The van der Waals surface area contributed by atoms with Gasteiger partial charge < -0.3 is 19.9 Å². The van der Waals surface area contributed by atoms with Crippen LogP contribution in [0.1, 0.15) is 32.9 Å². The normalized spacial score (nSPS) is 14.4. The van der Waals surface area contributed by atoms with Crippen LogP contribution in [0.25, 0.3) is 27.5 Å². The molecule has 0 saturated heterocycles. The second kappa shape index (κ2) is 8.20. The van der Waals surface area contributed by atoms with Crippen molar-refractivity contribution in [3.8, 4) is 0 Å². The van der Waals surface area contributed by atoms with Crippen LogP contribution in [0.2, 0.25) is 0 Å². The van der Waals surface area contributed by atoms with E-state index in [4.69, 9.17) is 4.74 Å². The zero-order valence-corrected chi connectivity index (χ0v) is 18.9. The van der Waals surface area contributed by atoms with E-state index in [1.54, 1.807) is 17.4 Å². The molecule has 1 aromatic carbocycles. The summed E-state index contributed by atoms with van der Waals surface area (Å²) in [6.07, 6.45) is 5.86. The summed E-state index contributed by atoms with van der Waals surface area (Å²) in [7, 11) is 0. The number of hydrogen-bond donors (Lipinski definition) is 2. The molecule has 0 bridgehead atoms. The highest BCUT2D eigenvalue weighted by molar-refractivity contribution is 5.93. The van der Waals surface area contributed by atoms with Gasteiger partial charge in [-0.05, 0) is 63.1 Å². The van der Waals surface area contributed by atoms with Crippen molar-refractivity contribution in [2.24, 2.45) is 0 Å². The maximum atomic E-state index is 12.3. The lowest BCUT2D eigenvalue weighted by molar-refractivity contribution is 0.0270. The molecule has 8 nitrogen and oxygen atoms in total. The topological polar surface area (TPSA) is 96.0 Å². The van der Waals surface area contributed by atoms with Crippen molar-refractivity contribution in [2.75, 3.05) is 18.4 Å². The number of H-pyrrole nitrogens is 1. The van der Waals surface area contributed by atoms with Gasteiger partial charge >= 0.3 is 6.09 Å². The maximum absolute atomic E-state index is 12.3. The maximum Gasteiger partial charge on any atom is 0.410 e. The Hall–Kier alpha value is -3.94. The molecule has 0 aliphatic carbocycles. The number of carbonyl (C=O) groups excluding carboxylic acids is 1. The molecule has 1 amide bonds. The highest BCUT2D eigenvalue weighted by Gasteiger charge is 2.24. The van der Waals surface area contributed by atoms with Gasteiger partial charge in [0.05, 0.1) is 10.9 Å². The first-order chi connectivity index (χ1) is 15.9. The van der Waals surface area contributed by atoms with Gasteiger partial charge in [0.2, 0.25) is 0 Å². The molecule has 168 valence electrons. The predicted octanol–water partition coefficient (Wildman–Crippen LogP) is 5.27. The molecular weight excluding hydrogens is 416 g/mol. The Morgan fingerprint density at radius 3 is 2.82 bits per heavy atom. The quantitative estimate of drug-likeness (QED) is 0.448. The molecule has 1 aliphatic heterocycles. The number of rotatable bonds is 3. The molecular formula is C25H26N6O2. The smallest absolute Gasteiger partial charge is 0.410 e. The van der Waals surface area contributed by atoms with E-state index in [2.05, 4.69) is 43.5 Å². The zero-order valence-electron chi connectivity index (χ0n) is 18.9. The monoisotopic (exact) mass is 442 g/mol. The predicted molar refractivity (Wildman–Crippen MR) is 129 cm³/mol. The van der Waals surface area contributed by atoms with E-state index in [1.165, 1.54) is 0 Å². The lowest BCUT2D eigenvalue weighted by Crippen LogP contribution is -2.39. The fraction of sp³-hybridized carbons (Fsp3) is 0.280. The zero-order chi connectivity index (χ0) is 23.0. The van der Waals surface area contributed by atoms with Gasteiger partial charge in [0.1, 0.15) is 23.4 Å². The number of carbonyl (C=O) groups is 1. The Kier molecular flexibility index (Phi) is 5.20. The number of anilines is 2. The summed E-state index contributed by atoms with van der Waals surface area (Å²) in [6.45, 7) is 6.76. The average molecular weight is 443 g/mol. The minimum Gasteiger partial charge on any atom is -0.444 e. The number of nitrogens with one attached hydrogen (secondary N) is 2. The number of pyridine rings is 1. The minimum atomic E-state index is -0.498. The summed E-state index contributed by atoms with van der Waals surface area (Å²) < 4.78 is 5.48. The Bertz CT molecular complexity index is 1370. The molecule has 0 unspecified atom stereocenters. The molecule has 8 heteroatoms. The van der Waals surface area contributed by atoms with Crippen molar-refractivity contribution in [3.63, 3.8) is 0 Å². The molecule has 3 aromatic heterocycles. The lowest BCUT2D eigenvalue weighted by atomic mass is 10.1. The summed E-state index contributed by atoms with van der Waals surface area (Å²) in [6, 6.07) is 12.1. The van der Waals surface area contributed by atoms with E-state index in [0.29, 0.717) is 13.1 Å². The van der Waals surface area contributed by atoms with Crippen LogP contribution in [0.5, 0.6) is 0 Å². The Morgan fingerprint density at radius 2 is 2.03 bits per heavy atom. The average Bonchev–Trinajstić information content (AvgIpc) is 3.23. The van der Waals surface area contributed by atoms with Crippen molar-refractivity contribution < 1.29 is 9.53 Å². The molecule has 4 aromatic rings. The van der Waals surface area contributed by atoms with Gasteiger partial charge in [-0.2, -0.15) is 0 Å². The van der Waals surface area contributed by atoms with Gasteiger partial charge in [-0.15, -0.1) is 0 Å². The van der Waals surface area contributed by atoms with Crippen molar-refractivity contribution in [2.45, 2.75) is 32.8 Å². The van der Waals surface area contributed by atoms with Crippen molar-refractivity contribution >= 4 is 45.1 Å². The number of aromatic amines is 1. The number of aromatic nitrogens is 4. The van der Waals surface area contributed by atoms with E-state index < -0.39 is 5.60 Å². The molecule has 1 aliphatic rings. The van der Waals surface area contributed by atoms with E-state index in [0.717, 1.165) is 51.1 Å². The van der Waals surface area contributed by atoms with Gasteiger partial charge in [-0.25, -0.2) is 14.8 Å². The van der Waals surface area contributed by atoms with Crippen LogP contribution >= 0.6 is 0 Å². The third-order valence-electron chi connectivity index (χ3n) is 5.50. The summed E-state index contributed by atoms with van der Waals surface area (Å²) in [5, 5.41) is 5.38. The van der Waals surface area contributed by atoms with E-state index >= 15 is 0 Å². The highest BCUT2D eigenvalue weighted by Crippen LogP contribution is 2.30. The van der Waals surface area contributed by atoms with E-state index in [1.807, 2.05) is 45.0 Å². The second-order valence-electron chi connectivity index (χ2n) is 9.11. The Morgan fingerprint density at radius 1 is 1.15 bits per heavy atom. The van der Waals surface area contributed by atoms with Crippen LogP contribution in [0.3, 0.4) is 0 Å². The van der Waals surface area contributed by atoms with Crippen LogP contribution in [0.4, 0.5) is 16.3 Å². The second-order valence-corrected chi connectivity index (χ2v) is 9.11. The van der Waals surface area contributed by atoms with E-state index in [-0.39, 0.29) is 6.09 Å². The minimum absolute atomic E-state index is 0.280.